The Labute approximate surface area is 343 Å². The van der Waals surface area contributed by atoms with E-state index in [0.717, 1.165) is 69.9 Å². The van der Waals surface area contributed by atoms with Gasteiger partial charge in [0.15, 0.2) is 0 Å². The van der Waals surface area contributed by atoms with Crippen LogP contribution in [0.25, 0.3) is 109 Å². The second kappa shape index (κ2) is 12.7. The summed E-state index contributed by atoms with van der Waals surface area (Å²) in [4.78, 5) is 0. The van der Waals surface area contributed by atoms with Crippen molar-refractivity contribution in [1.82, 2.24) is 9.13 Å². The minimum Gasteiger partial charge on any atom is -0.309 e. The average Bonchev–Trinajstić information content (AvgIpc) is 4.01. The molecule has 12 aromatic rings. The van der Waals surface area contributed by atoms with E-state index in [2.05, 4.69) is 65.2 Å². The summed E-state index contributed by atoms with van der Waals surface area (Å²) in [6, 6.07) is 53.4. The normalized spacial score (nSPS) is 13.6. The summed E-state index contributed by atoms with van der Waals surface area (Å²) in [5.41, 5.74) is 8.97. The fraction of sp³-hybridized carbons (Fsp3) is 0. The minimum atomic E-state index is -0.418. The van der Waals surface area contributed by atoms with Gasteiger partial charge in [-0.3, -0.25) is 0 Å². The third-order valence-electron chi connectivity index (χ3n) is 11.2. The molecule has 0 amide bonds. The Hall–Kier alpha value is -7.20. The Morgan fingerprint density at radius 3 is 1.79 bits per heavy atom. The average molecular weight is 750 g/mol. The molecular formula is C54H34N2S. The van der Waals surface area contributed by atoms with Crippen molar-refractivity contribution in [3.63, 3.8) is 0 Å². The van der Waals surface area contributed by atoms with Crippen LogP contribution >= 0.6 is 11.3 Å². The van der Waals surface area contributed by atoms with Gasteiger partial charge in [-0.2, -0.15) is 0 Å². The summed E-state index contributed by atoms with van der Waals surface area (Å²) >= 11 is 1.57. The van der Waals surface area contributed by atoms with Crippen molar-refractivity contribution in [2.45, 2.75) is 0 Å². The summed E-state index contributed by atoms with van der Waals surface area (Å²) in [7, 11) is 0. The second-order valence-electron chi connectivity index (χ2n) is 14.3. The first kappa shape index (κ1) is 25.8. The van der Waals surface area contributed by atoms with Gasteiger partial charge < -0.3 is 9.13 Å². The molecule has 0 N–H and O–H groups in total. The van der Waals surface area contributed by atoms with Crippen molar-refractivity contribution in [1.29, 1.82) is 0 Å². The molecular weight excluding hydrogens is 709 g/mol. The summed E-state index contributed by atoms with van der Waals surface area (Å²) in [6.07, 6.45) is 0. The van der Waals surface area contributed by atoms with Gasteiger partial charge in [0, 0.05) is 42.6 Å². The predicted octanol–water partition coefficient (Wildman–Crippen LogP) is 15.2. The van der Waals surface area contributed by atoms with E-state index in [1.807, 2.05) is 103 Å². The van der Waals surface area contributed by atoms with E-state index < -0.39 is 12.1 Å². The minimum absolute atomic E-state index is 0.0733. The monoisotopic (exact) mass is 749 g/mol. The van der Waals surface area contributed by atoms with Crippen molar-refractivity contribution in [3.8, 4) is 44.8 Å². The van der Waals surface area contributed by atoms with Crippen LogP contribution in [0.3, 0.4) is 0 Å². The molecule has 0 aliphatic rings. The van der Waals surface area contributed by atoms with Gasteiger partial charge >= 0.3 is 0 Å². The second-order valence-corrected chi connectivity index (χ2v) is 15.4. The molecule has 2 nitrogen and oxygen atoms in total. The largest absolute Gasteiger partial charge is 0.309 e. The van der Waals surface area contributed by atoms with Crippen LogP contribution in [0.2, 0.25) is 0 Å². The van der Waals surface area contributed by atoms with Crippen LogP contribution in [0.1, 0.15) is 9.60 Å². The summed E-state index contributed by atoms with van der Waals surface area (Å²) in [6.45, 7) is 0. The topological polar surface area (TPSA) is 9.86 Å². The van der Waals surface area contributed by atoms with E-state index in [0.29, 0.717) is 11.3 Å². The molecule has 3 aromatic heterocycles. The standard InChI is InChI=1S/C54H34N2S/c1-3-14-35(15-4-1)37-26-29-50-45(32-37)46-34-39(28-31-51(46)55(50)47-22-10-7-18-40(47)36-16-5-2-6-17-36)38-27-30-49-44(33-38)41-19-8-11-23-48(41)56(49)52-24-13-21-43-42-20-9-12-25-53(42)57-54(43)52/h1-34H/i8D,11D,19D,23D,27D,30D,33D. The molecule has 266 valence electrons. The molecule has 0 atom stereocenters. The fourth-order valence-electron chi connectivity index (χ4n) is 8.59. The first-order valence-electron chi connectivity index (χ1n) is 22.4. The molecule has 0 bridgehead atoms. The van der Waals surface area contributed by atoms with Gasteiger partial charge in [-0.15, -0.1) is 11.3 Å². The number of benzene rings is 9. The Kier molecular flexibility index (Phi) is 5.74. The zero-order valence-electron chi connectivity index (χ0n) is 37.4. The van der Waals surface area contributed by atoms with E-state index in [-0.39, 0.29) is 57.6 Å². The lowest BCUT2D eigenvalue weighted by molar-refractivity contribution is 1.18. The van der Waals surface area contributed by atoms with E-state index in [1.54, 1.807) is 15.9 Å². The van der Waals surface area contributed by atoms with Crippen LogP contribution in [0, 0.1) is 0 Å². The van der Waals surface area contributed by atoms with Crippen LogP contribution in [0.4, 0.5) is 0 Å². The van der Waals surface area contributed by atoms with Crippen LogP contribution in [0.5, 0.6) is 0 Å². The SMILES string of the molecule is [2H]c1c([2H])c([2H])c2c(c1[2H])c1c([2H])c(-c3ccc4c(c3)c3cc(-c5ccccc5)ccc3n4-c3ccccc3-c3ccccc3)c([2H])c([2H])c1n2-c1cccc2c1sc1ccccc12. The smallest absolute Gasteiger partial charge is 0.0645 e. The van der Waals surface area contributed by atoms with Gasteiger partial charge in [0.1, 0.15) is 0 Å². The molecule has 3 heteroatoms. The van der Waals surface area contributed by atoms with Crippen LogP contribution < -0.4 is 0 Å². The Balaban J connectivity index is 1.17. The number of para-hydroxylation sites is 2. The highest BCUT2D eigenvalue weighted by Crippen LogP contribution is 2.43. The molecule has 0 unspecified atom stereocenters. The number of thiophene rings is 1. The maximum Gasteiger partial charge on any atom is 0.0645 e. The van der Waals surface area contributed by atoms with Crippen molar-refractivity contribution in [2.75, 3.05) is 0 Å². The molecule has 0 spiro atoms. The zero-order valence-corrected chi connectivity index (χ0v) is 31.2. The van der Waals surface area contributed by atoms with E-state index in [1.165, 1.54) is 0 Å². The maximum atomic E-state index is 10.0. The molecule has 9 aromatic carbocycles. The lowest BCUT2D eigenvalue weighted by Gasteiger charge is -2.14. The van der Waals surface area contributed by atoms with Gasteiger partial charge in [-0.1, -0.05) is 145 Å². The highest BCUT2D eigenvalue weighted by atomic mass is 32.1. The molecule has 57 heavy (non-hydrogen) atoms. The van der Waals surface area contributed by atoms with Crippen LogP contribution in [0.15, 0.2) is 206 Å². The van der Waals surface area contributed by atoms with Gasteiger partial charge in [0.25, 0.3) is 0 Å². The maximum absolute atomic E-state index is 10.0. The first-order valence-corrected chi connectivity index (χ1v) is 19.8. The zero-order chi connectivity index (χ0) is 43.5. The molecule has 0 radical (unpaired) electrons. The van der Waals surface area contributed by atoms with Crippen molar-refractivity contribution >= 4 is 75.1 Å². The number of hydrogen-bond acceptors (Lipinski definition) is 1. The van der Waals surface area contributed by atoms with Crippen molar-refractivity contribution in [2.24, 2.45) is 0 Å². The number of rotatable bonds is 5. The Morgan fingerprint density at radius 2 is 0.982 bits per heavy atom. The summed E-state index contributed by atoms with van der Waals surface area (Å²) in [5.74, 6) is 0. The molecule has 0 fully saturated rings. The Bertz CT molecular complexity index is 3930. The van der Waals surface area contributed by atoms with Gasteiger partial charge in [-0.25, -0.2) is 0 Å². The fourth-order valence-corrected chi connectivity index (χ4v) is 9.79. The summed E-state index contributed by atoms with van der Waals surface area (Å²) < 4.78 is 71.6. The summed E-state index contributed by atoms with van der Waals surface area (Å²) in [5, 5.41) is 4.28. The predicted molar refractivity (Wildman–Crippen MR) is 244 cm³/mol. The molecule has 0 aliphatic carbocycles. The molecule has 0 saturated heterocycles. The van der Waals surface area contributed by atoms with E-state index in [4.69, 9.17) is 2.74 Å². The molecule has 3 heterocycles. The van der Waals surface area contributed by atoms with Crippen LogP contribution in [-0.2, 0) is 0 Å². The number of nitrogens with zero attached hydrogens (tertiary/aromatic N) is 2. The highest BCUT2D eigenvalue weighted by molar-refractivity contribution is 7.26. The molecule has 12 rings (SSSR count). The molecule has 0 saturated carbocycles. The lowest BCUT2D eigenvalue weighted by Crippen LogP contribution is -1.97. The van der Waals surface area contributed by atoms with Crippen molar-refractivity contribution in [3.05, 3.63) is 206 Å². The third kappa shape index (κ3) is 4.96. The Morgan fingerprint density at radius 1 is 0.368 bits per heavy atom. The van der Waals surface area contributed by atoms with Gasteiger partial charge in [0.05, 0.1) is 47.7 Å². The quantitative estimate of drug-likeness (QED) is 0.166. The van der Waals surface area contributed by atoms with Gasteiger partial charge in [-0.05, 0) is 88.4 Å². The highest BCUT2D eigenvalue weighted by Gasteiger charge is 2.20. The number of hydrogen-bond donors (Lipinski definition) is 0. The molecule has 0 aliphatic heterocycles. The number of fused-ring (bicyclic) bond motifs is 9. The van der Waals surface area contributed by atoms with Gasteiger partial charge in [0.2, 0.25) is 0 Å². The lowest BCUT2D eigenvalue weighted by atomic mass is 9.99. The van der Waals surface area contributed by atoms with E-state index in [9.17, 15) is 6.85 Å². The first-order chi connectivity index (χ1) is 31.2. The van der Waals surface area contributed by atoms with Crippen molar-refractivity contribution < 1.29 is 9.60 Å². The number of aromatic nitrogens is 2. The van der Waals surface area contributed by atoms with Crippen LogP contribution in [-0.4, -0.2) is 9.13 Å². The van der Waals surface area contributed by atoms with E-state index >= 15 is 0 Å². The third-order valence-corrected chi connectivity index (χ3v) is 12.4.